The second-order valence-electron chi connectivity index (χ2n) is 9.83. The minimum Gasteiger partial charge on any atom is -0.497 e. The molecule has 1 heterocycles. The van der Waals surface area contributed by atoms with Crippen LogP contribution in [0.1, 0.15) is 28.6 Å². The topological polar surface area (TPSA) is 112 Å². The second-order valence-corrected chi connectivity index (χ2v) is 10.8. The van der Waals surface area contributed by atoms with Gasteiger partial charge in [-0.05, 0) is 79.6 Å². The first-order chi connectivity index (χ1) is 21.2. The van der Waals surface area contributed by atoms with Crippen molar-refractivity contribution < 1.29 is 28.5 Å². The normalized spacial score (nSPS) is 11.3. The summed E-state index contributed by atoms with van der Waals surface area (Å²) < 4.78 is 21.6. The Morgan fingerprint density at radius 1 is 0.773 bits per heavy atom. The molecule has 1 aromatic heterocycles. The van der Waals surface area contributed by atoms with Crippen LogP contribution in [0.5, 0.6) is 23.0 Å². The number of amides is 2. The van der Waals surface area contributed by atoms with Crippen molar-refractivity contribution in [2.75, 3.05) is 39.5 Å². The number of rotatable bonds is 13. The van der Waals surface area contributed by atoms with Gasteiger partial charge in [0.1, 0.15) is 17.5 Å². The lowest BCUT2D eigenvalue weighted by molar-refractivity contribution is -0.137. The van der Waals surface area contributed by atoms with E-state index in [1.54, 1.807) is 61.6 Å². The van der Waals surface area contributed by atoms with E-state index in [9.17, 15) is 9.59 Å². The summed E-state index contributed by atoms with van der Waals surface area (Å²) >= 11 is 1.22. The highest BCUT2D eigenvalue weighted by atomic mass is 32.2. The number of carbonyl (C=O) groups is 2. The lowest BCUT2D eigenvalue weighted by Gasteiger charge is -2.32. The summed E-state index contributed by atoms with van der Waals surface area (Å²) in [5, 5.41) is 3.47. The van der Waals surface area contributed by atoms with Crippen LogP contribution in [0.4, 0.5) is 5.69 Å². The Morgan fingerprint density at radius 3 is 1.93 bits per heavy atom. The fourth-order valence-corrected chi connectivity index (χ4v) is 5.43. The van der Waals surface area contributed by atoms with Gasteiger partial charge in [0.15, 0.2) is 16.7 Å². The fourth-order valence-electron chi connectivity index (χ4n) is 4.60. The number of nitrogens with zero attached hydrogens (tertiary/aromatic N) is 3. The molecule has 0 spiro atoms. The zero-order chi connectivity index (χ0) is 31.6. The Balaban J connectivity index is 1.76. The van der Waals surface area contributed by atoms with Crippen molar-refractivity contribution in [2.24, 2.45) is 0 Å². The minimum absolute atomic E-state index is 0.0126. The SMILES string of the molecule is COc1ccc(CN(C(=O)CSc2nc(C)cc(C)n2)[C@H](C(=O)Nc2ccc(OC)cc2)c2ccc(OC)c(OC)c2)cc1. The maximum atomic E-state index is 14.2. The van der Waals surface area contributed by atoms with Gasteiger partial charge in [-0.15, -0.1) is 0 Å². The number of aromatic nitrogens is 2. The highest BCUT2D eigenvalue weighted by molar-refractivity contribution is 7.99. The van der Waals surface area contributed by atoms with Gasteiger partial charge < -0.3 is 29.2 Å². The third-order valence-corrected chi connectivity index (χ3v) is 7.59. The molecule has 10 nitrogen and oxygen atoms in total. The van der Waals surface area contributed by atoms with Crippen molar-refractivity contribution in [3.05, 3.63) is 95.3 Å². The summed E-state index contributed by atoms with van der Waals surface area (Å²) in [6.07, 6.45) is 0. The molecule has 11 heteroatoms. The third kappa shape index (κ3) is 8.19. The average Bonchev–Trinajstić information content (AvgIpc) is 3.03. The van der Waals surface area contributed by atoms with Crippen molar-refractivity contribution in [3.63, 3.8) is 0 Å². The number of hydrogen-bond donors (Lipinski definition) is 1. The molecule has 0 radical (unpaired) electrons. The van der Waals surface area contributed by atoms with E-state index in [-0.39, 0.29) is 18.2 Å². The molecule has 0 aliphatic carbocycles. The standard InChI is InChI=1S/C33H36N4O6S/c1-21-17-22(2)35-33(34-21)44-20-30(38)37(19-23-7-12-26(40-3)13-8-23)31(24-9-16-28(42-5)29(18-24)43-6)32(39)36-25-10-14-27(41-4)15-11-25/h7-18,31H,19-20H2,1-6H3,(H,36,39)/t31-/m0/s1. The molecule has 1 N–H and O–H groups in total. The molecule has 2 amide bonds. The van der Waals surface area contributed by atoms with Crippen molar-refractivity contribution in [2.45, 2.75) is 31.6 Å². The number of aryl methyl sites for hydroxylation is 2. The Labute approximate surface area is 261 Å². The Bertz CT molecular complexity index is 1560. The van der Waals surface area contributed by atoms with Crippen LogP contribution >= 0.6 is 11.8 Å². The van der Waals surface area contributed by atoms with Crippen molar-refractivity contribution in [3.8, 4) is 23.0 Å². The van der Waals surface area contributed by atoms with Crippen LogP contribution in [0.3, 0.4) is 0 Å². The van der Waals surface area contributed by atoms with E-state index in [1.807, 2.05) is 44.2 Å². The Morgan fingerprint density at radius 2 is 1.36 bits per heavy atom. The van der Waals surface area contributed by atoms with E-state index in [2.05, 4.69) is 15.3 Å². The van der Waals surface area contributed by atoms with Gasteiger partial charge in [0.05, 0.1) is 34.2 Å². The van der Waals surface area contributed by atoms with Crippen molar-refractivity contribution in [1.82, 2.24) is 14.9 Å². The molecule has 44 heavy (non-hydrogen) atoms. The van der Waals surface area contributed by atoms with E-state index >= 15 is 0 Å². The maximum absolute atomic E-state index is 14.2. The van der Waals surface area contributed by atoms with Gasteiger partial charge in [-0.1, -0.05) is 30.0 Å². The molecule has 4 aromatic rings. The lowest BCUT2D eigenvalue weighted by Crippen LogP contribution is -2.41. The van der Waals surface area contributed by atoms with Gasteiger partial charge in [0, 0.05) is 23.6 Å². The van der Waals surface area contributed by atoms with E-state index in [0.29, 0.717) is 39.4 Å². The third-order valence-electron chi connectivity index (χ3n) is 6.76. The Hall–Kier alpha value is -4.77. The summed E-state index contributed by atoms with van der Waals surface area (Å²) in [5.74, 6) is 1.60. The molecule has 1 atom stereocenters. The van der Waals surface area contributed by atoms with Crippen LogP contribution in [-0.4, -0.2) is 60.9 Å². The molecule has 4 rings (SSSR count). The predicted octanol–water partition coefficient (Wildman–Crippen LogP) is 5.63. The number of carbonyl (C=O) groups excluding carboxylic acids is 2. The number of benzene rings is 3. The number of ether oxygens (including phenoxy) is 4. The molecule has 0 aliphatic heterocycles. The second kappa shape index (κ2) is 15.1. The van der Waals surface area contributed by atoms with Gasteiger partial charge in [0.25, 0.3) is 5.91 Å². The van der Waals surface area contributed by atoms with E-state index in [0.717, 1.165) is 17.0 Å². The lowest BCUT2D eigenvalue weighted by atomic mass is 10.0. The molecule has 0 bridgehead atoms. The first-order valence-electron chi connectivity index (χ1n) is 13.8. The highest BCUT2D eigenvalue weighted by Crippen LogP contribution is 2.34. The molecular formula is C33H36N4O6S. The van der Waals surface area contributed by atoms with Gasteiger partial charge in [-0.25, -0.2) is 9.97 Å². The molecule has 0 unspecified atom stereocenters. The zero-order valence-electron chi connectivity index (χ0n) is 25.6. The number of hydrogen-bond acceptors (Lipinski definition) is 9. The maximum Gasteiger partial charge on any atom is 0.251 e. The van der Waals surface area contributed by atoms with Crippen LogP contribution in [0.25, 0.3) is 0 Å². The highest BCUT2D eigenvalue weighted by Gasteiger charge is 2.33. The summed E-state index contributed by atoms with van der Waals surface area (Å²) in [4.78, 5) is 38.8. The Kier molecular flexibility index (Phi) is 11.0. The molecule has 0 saturated heterocycles. The smallest absolute Gasteiger partial charge is 0.251 e. The minimum atomic E-state index is -1.03. The largest absolute Gasteiger partial charge is 0.497 e. The van der Waals surface area contributed by atoms with Crippen molar-refractivity contribution in [1.29, 1.82) is 0 Å². The molecule has 230 valence electrons. The first-order valence-corrected chi connectivity index (χ1v) is 14.8. The first kappa shape index (κ1) is 32.2. The monoisotopic (exact) mass is 616 g/mol. The molecule has 0 fully saturated rings. The van der Waals surface area contributed by atoms with Gasteiger partial charge in [-0.3, -0.25) is 9.59 Å². The van der Waals surface area contributed by atoms with Crippen LogP contribution in [0, 0.1) is 13.8 Å². The molecule has 3 aromatic carbocycles. The van der Waals surface area contributed by atoms with Crippen molar-refractivity contribution >= 4 is 29.3 Å². The van der Waals surface area contributed by atoms with E-state index < -0.39 is 11.9 Å². The van der Waals surface area contributed by atoms with Crippen LogP contribution in [0.2, 0.25) is 0 Å². The summed E-state index contributed by atoms with van der Waals surface area (Å²) in [6.45, 7) is 3.91. The van der Waals surface area contributed by atoms with E-state index in [4.69, 9.17) is 18.9 Å². The van der Waals surface area contributed by atoms with Gasteiger partial charge >= 0.3 is 0 Å². The summed E-state index contributed by atoms with van der Waals surface area (Å²) in [6, 6.07) is 20.4. The van der Waals surface area contributed by atoms with Gasteiger partial charge in [-0.2, -0.15) is 0 Å². The van der Waals surface area contributed by atoms with Gasteiger partial charge in [0.2, 0.25) is 5.91 Å². The zero-order valence-corrected chi connectivity index (χ0v) is 26.4. The van der Waals surface area contributed by atoms with Crippen LogP contribution in [-0.2, 0) is 16.1 Å². The predicted molar refractivity (Wildman–Crippen MR) is 170 cm³/mol. The quantitative estimate of drug-likeness (QED) is 0.151. The number of nitrogens with one attached hydrogen (secondary N) is 1. The number of methoxy groups -OCH3 is 4. The van der Waals surface area contributed by atoms with Crippen LogP contribution < -0.4 is 24.3 Å². The average molecular weight is 617 g/mol. The summed E-state index contributed by atoms with van der Waals surface area (Å²) in [7, 11) is 6.23. The summed E-state index contributed by atoms with van der Waals surface area (Å²) in [5.41, 5.74) is 3.53. The molecule has 0 saturated carbocycles. The van der Waals surface area contributed by atoms with Crippen LogP contribution in [0.15, 0.2) is 78.0 Å². The number of anilines is 1. The fraction of sp³-hybridized carbons (Fsp3) is 0.273. The molecular weight excluding hydrogens is 580 g/mol. The number of thioether (sulfide) groups is 1. The van der Waals surface area contributed by atoms with E-state index in [1.165, 1.54) is 26.0 Å². The molecule has 0 aliphatic rings.